The van der Waals surface area contributed by atoms with Gasteiger partial charge in [0.25, 0.3) is 0 Å². The lowest BCUT2D eigenvalue weighted by Gasteiger charge is -1.91. The molecule has 0 N–H and O–H groups in total. The number of Topliss-reactive ketones (excluding diaryl/α,β-unsaturated/α-hetero) is 1. The van der Waals surface area contributed by atoms with E-state index in [1.807, 2.05) is 0 Å². The lowest BCUT2D eigenvalue weighted by Crippen LogP contribution is -2.00. The Labute approximate surface area is 59.9 Å². The van der Waals surface area contributed by atoms with Gasteiger partial charge >= 0.3 is 0 Å². The number of aromatic nitrogens is 2. The van der Waals surface area contributed by atoms with E-state index < -0.39 is 0 Å². The number of ketones is 1. The van der Waals surface area contributed by atoms with Crippen LogP contribution in [0.4, 0.5) is 0 Å². The predicted molar refractivity (Wildman–Crippen MR) is 36.9 cm³/mol. The molecule has 1 aromatic rings. The van der Waals surface area contributed by atoms with Crippen molar-refractivity contribution in [2.45, 2.75) is 6.32 Å². The van der Waals surface area contributed by atoms with E-state index in [-0.39, 0.29) is 12.1 Å². The Balaban J connectivity index is 2.85. The van der Waals surface area contributed by atoms with Gasteiger partial charge in [0.15, 0.2) is 5.78 Å². The summed E-state index contributed by atoms with van der Waals surface area (Å²) in [7, 11) is 5.09. The third kappa shape index (κ3) is 1.40. The molecule has 0 aromatic carbocycles. The molecular formula is C6H5BN2O. The Hall–Kier alpha value is -1.19. The maximum absolute atomic E-state index is 10.8. The molecule has 1 heterocycles. The first-order valence-electron chi connectivity index (χ1n) is 2.84. The minimum Gasteiger partial charge on any atom is -0.293 e. The molecule has 0 saturated carbocycles. The van der Waals surface area contributed by atoms with Gasteiger partial charge in [0.05, 0.1) is 14.0 Å². The van der Waals surface area contributed by atoms with Crippen molar-refractivity contribution < 1.29 is 4.79 Å². The Morgan fingerprint density at radius 2 is 2.40 bits per heavy atom. The van der Waals surface area contributed by atoms with Crippen molar-refractivity contribution in [2.24, 2.45) is 0 Å². The number of hydrogen-bond donors (Lipinski definition) is 0. The van der Waals surface area contributed by atoms with Gasteiger partial charge in [-0.25, -0.2) is 4.98 Å². The van der Waals surface area contributed by atoms with Crippen LogP contribution in [0.15, 0.2) is 18.6 Å². The minimum atomic E-state index is -0.187. The van der Waals surface area contributed by atoms with Gasteiger partial charge < -0.3 is 0 Å². The smallest absolute Gasteiger partial charge is 0.174 e. The van der Waals surface area contributed by atoms with Crippen LogP contribution in [-0.4, -0.2) is 23.6 Å². The summed E-state index contributed by atoms with van der Waals surface area (Å²) < 4.78 is 0. The van der Waals surface area contributed by atoms with Crippen molar-refractivity contribution in [1.29, 1.82) is 0 Å². The zero-order valence-corrected chi connectivity index (χ0v) is 5.32. The summed E-state index contributed by atoms with van der Waals surface area (Å²) in [6, 6.07) is 0. The molecule has 1 aromatic heterocycles. The molecule has 0 bridgehead atoms. The third-order valence-corrected chi connectivity index (χ3v) is 1.03. The molecule has 3 nitrogen and oxygen atoms in total. The van der Waals surface area contributed by atoms with Crippen LogP contribution >= 0.6 is 0 Å². The number of rotatable bonds is 2. The molecule has 0 amide bonds. The lowest BCUT2D eigenvalue weighted by atomic mass is 9.99. The maximum atomic E-state index is 10.8. The Bertz CT molecular complexity index is 224. The Morgan fingerprint density at radius 3 is 2.90 bits per heavy atom. The molecule has 0 aliphatic rings. The van der Waals surface area contributed by atoms with Crippen LogP contribution < -0.4 is 0 Å². The summed E-state index contributed by atoms with van der Waals surface area (Å²) in [5.41, 5.74) is 0.324. The van der Waals surface area contributed by atoms with Gasteiger partial charge in [-0.3, -0.25) is 9.78 Å². The van der Waals surface area contributed by atoms with Gasteiger partial charge in [0, 0.05) is 12.4 Å². The highest BCUT2D eigenvalue weighted by atomic mass is 16.1. The first-order valence-corrected chi connectivity index (χ1v) is 2.84. The summed E-state index contributed by atoms with van der Waals surface area (Å²) in [4.78, 5) is 18.3. The van der Waals surface area contributed by atoms with Gasteiger partial charge in [-0.2, -0.15) is 0 Å². The van der Waals surface area contributed by atoms with Gasteiger partial charge in [0.1, 0.15) is 5.69 Å². The average molecular weight is 132 g/mol. The number of carbonyl (C=O) groups excluding carboxylic acids is 1. The molecule has 0 fully saturated rings. The molecule has 0 saturated heterocycles. The molecule has 0 aliphatic carbocycles. The highest BCUT2D eigenvalue weighted by Gasteiger charge is 2.01. The van der Waals surface area contributed by atoms with Crippen molar-refractivity contribution in [2.75, 3.05) is 0 Å². The van der Waals surface area contributed by atoms with E-state index in [9.17, 15) is 4.79 Å². The van der Waals surface area contributed by atoms with Gasteiger partial charge in [-0.1, -0.05) is 0 Å². The largest absolute Gasteiger partial charge is 0.293 e. The fourth-order valence-corrected chi connectivity index (χ4v) is 0.548. The standard InChI is InChI=1S/C6H5BN2O/c7-3-6(10)5-4-8-1-2-9-5/h1-2,4H,3H2. The number of carbonyl (C=O) groups is 1. The molecule has 48 valence electrons. The van der Waals surface area contributed by atoms with Crippen molar-refractivity contribution >= 4 is 13.6 Å². The Morgan fingerprint density at radius 1 is 1.60 bits per heavy atom. The molecule has 10 heavy (non-hydrogen) atoms. The van der Waals surface area contributed by atoms with E-state index in [4.69, 9.17) is 7.85 Å². The number of nitrogens with zero attached hydrogens (tertiary/aromatic N) is 2. The van der Waals surface area contributed by atoms with Crippen molar-refractivity contribution in [3.63, 3.8) is 0 Å². The summed E-state index contributed by atoms with van der Waals surface area (Å²) in [6.45, 7) is 0. The maximum Gasteiger partial charge on any atom is 0.174 e. The highest BCUT2D eigenvalue weighted by molar-refractivity contribution is 6.23. The van der Waals surface area contributed by atoms with Crippen LogP contribution in [0, 0.1) is 0 Å². The normalized spacial score (nSPS) is 9.20. The van der Waals surface area contributed by atoms with Crippen LogP contribution in [0.5, 0.6) is 0 Å². The van der Waals surface area contributed by atoms with E-state index in [1.165, 1.54) is 18.6 Å². The molecule has 0 aliphatic heterocycles. The SMILES string of the molecule is [B]CC(=O)c1cnccn1. The third-order valence-electron chi connectivity index (χ3n) is 1.03. The topological polar surface area (TPSA) is 42.9 Å². The fraction of sp³-hybridized carbons (Fsp3) is 0.167. The lowest BCUT2D eigenvalue weighted by molar-refractivity contribution is 0.101. The second kappa shape index (κ2) is 3.10. The molecule has 2 radical (unpaired) electrons. The van der Waals surface area contributed by atoms with Gasteiger partial charge in [-0.05, 0) is 6.32 Å². The summed E-state index contributed by atoms with van der Waals surface area (Å²) in [5.74, 6) is -0.187. The van der Waals surface area contributed by atoms with E-state index in [0.717, 1.165) is 0 Å². The molecule has 0 spiro atoms. The van der Waals surface area contributed by atoms with Crippen LogP contribution in [0.3, 0.4) is 0 Å². The van der Waals surface area contributed by atoms with Gasteiger partial charge in [0.2, 0.25) is 0 Å². The molecular weight excluding hydrogens is 127 g/mol. The molecule has 0 atom stereocenters. The van der Waals surface area contributed by atoms with Crippen molar-refractivity contribution in [3.8, 4) is 0 Å². The number of hydrogen-bond acceptors (Lipinski definition) is 3. The van der Waals surface area contributed by atoms with E-state index in [0.29, 0.717) is 5.69 Å². The molecule has 1 rings (SSSR count). The van der Waals surface area contributed by atoms with Crippen LogP contribution in [0.25, 0.3) is 0 Å². The zero-order valence-electron chi connectivity index (χ0n) is 5.32. The quantitative estimate of drug-likeness (QED) is 0.427. The fourth-order valence-electron chi connectivity index (χ4n) is 0.548. The van der Waals surface area contributed by atoms with Crippen LogP contribution in [0.1, 0.15) is 10.5 Å². The first kappa shape index (κ1) is 6.93. The summed E-state index contributed by atoms with van der Waals surface area (Å²) >= 11 is 0. The second-order valence-corrected chi connectivity index (χ2v) is 1.72. The van der Waals surface area contributed by atoms with E-state index in [2.05, 4.69) is 9.97 Å². The highest BCUT2D eigenvalue weighted by Crippen LogP contribution is 1.93. The van der Waals surface area contributed by atoms with Gasteiger partial charge in [-0.15, -0.1) is 0 Å². The Kier molecular flexibility index (Phi) is 2.15. The summed E-state index contributed by atoms with van der Waals surface area (Å²) in [6.07, 6.45) is 4.35. The minimum absolute atomic E-state index is 0.0152. The average Bonchev–Trinajstić information content (AvgIpc) is 2.05. The monoisotopic (exact) mass is 132 g/mol. The van der Waals surface area contributed by atoms with E-state index in [1.54, 1.807) is 0 Å². The second-order valence-electron chi connectivity index (χ2n) is 1.72. The van der Waals surface area contributed by atoms with E-state index >= 15 is 0 Å². The predicted octanol–water partition coefficient (Wildman–Crippen LogP) is 0.246. The summed E-state index contributed by atoms with van der Waals surface area (Å²) in [5, 5.41) is 0. The molecule has 0 unspecified atom stereocenters. The van der Waals surface area contributed by atoms with Crippen LogP contribution in [0.2, 0.25) is 6.32 Å². The van der Waals surface area contributed by atoms with Crippen molar-refractivity contribution in [1.82, 2.24) is 9.97 Å². The first-order chi connectivity index (χ1) is 4.84. The van der Waals surface area contributed by atoms with Crippen LogP contribution in [-0.2, 0) is 0 Å². The zero-order chi connectivity index (χ0) is 7.40. The van der Waals surface area contributed by atoms with Crippen molar-refractivity contribution in [3.05, 3.63) is 24.3 Å². The molecule has 4 heteroatoms.